The number of anilines is 1. The van der Waals surface area contributed by atoms with Crippen LogP contribution in [0, 0.1) is 0 Å². The van der Waals surface area contributed by atoms with Crippen molar-refractivity contribution in [2.45, 2.75) is 0 Å². The quantitative estimate of drug-likeness (QED) is 0.494. The fraction of sp³-hybridized carbons (Fsp3) is 0. The van der Waals surface area contributed by atoms with Crippen molar-refractivity contribution in [2.75, 3.05) is 5.43 Å². The summed E-state index contributed by atoms with van der Waals surface area (Å²) in [6.45, 7) is 0. The van der Waals surface area contributed by atoms with Crippen molar-refractivity contribution in [3.05, 3.63) is 60.3 Å². The highest BCUT2D eigenvalue weighted by Gasteiger charge is 2.05. The van der Waals surface area contributed by atoms with E-state index >= 15 is 0 Å². The standard InChI is InChI=1S/C15H13N3O/c19-14-8-4-7-13-15(14)11(9-16-13)10-17-18-12-5-2-1-3-6-12/h1-10,16,18-19H/b17-10+. The number of rotatable bonds is 3. The summed E-state index contributed by atoms with van der Waals surface area (Å²) in [5.74, 6) is 0.250. The zero-order chi connectivity index (χ0) is 13.1. The van der Waals surface area contributed by atoms with E-state index in [9.17, 15) is 5.11 Å². The fourth-order valence-corrected chi connectivity index (χ4v) is 1.98. The molecule has 1 aromatic heterocycles. The third-order valence-electron chi connectivity index (χ3n) is 2.89. The first kappa shape index (κ1) is 11.3. The molecule has 3 N–H and O–H groups in total. The summed E-state index contributed by atoms with van der Waals surface area (Å²) in [4.78, 5) is 3.10. The first-order valence-corrected chi connectivity index (χ1v) is 5.98. The Kier molecular flexibility index (Phi) is 2.90. The molecule has 0 aliphatic rings. The van der Waals surface area contributed by atoms with Crippen molar-refractivity contribution in [1.29, 1.82) is 0 Å². The van der Waals surface area contributed by atoms with E-state index in [-0.39, 0.29) is 5.75 Å². The molecule has 94 valence electrons. The van der Waals surface area contributed by atoms with Gasteiger partial charge in [0.2, 0.25) is 0 Å². The van der Waals surface area contributed by atoms with E-state index in [1.807, 2.05) is 42.6 Å². The number of nitrogens with zero attached hydrogens (tertiary/aromatic N) is 1. The predicted molar refractivity (Wildman–Crippen MR) is 77.6 cm³/mol. The lowest BCUT2D eigenvalue weighted by atomic mass is 10.2. The molecule has 3 rings (SSSR count). The lowest BCUT2D eigenvalue weighted by Gasteiger charge is -1.98. The molecule has 0 aliphatic carbocycles. The number of fused-ring (bicyclic) bond motifs is 1. The number of para-hydroxylation sites is 1. The van der Waals surface area contributed by atoms with E-state index in [4.69, 9.17) is 0 Å². The zero-order valence-corrected chi connectivity index (χ0v) is 10.2. The van der Waals surface area contributed by atoms with Crippen LogP contribution < -0.4 is 5.43 Å². The van der Waals surface area contributed by atoms with Crippen molar-refractivity contribution in [3.63, 3.8) is 0 Å². The average molecular weight is 251 g/mol. The summed E-state index contributed by atoms with van der Waals surface area (Å²) in [6, 6.07) is 15.1. The van der Waals surface area contributed by atoms with E-state index in [2.05, 4.69) is 15.5 Å². The third kappa shape index (κ3) is 2.28. The van der Waals surface area contributed by atoms with Crippen molar-refractivity contribution in [2.24, 2.45) is 5.10 Å². The van der Waals surface area contributed by atoms with E-state index < -0.39 is 0 Å². The molecule has 0 radical (unpaired) electrons. The second kappa shape index (κ2) is 4.86. The molecule has 4 heteroatoms. The molecule has 0 saturated carbocycles. The number of phenols is 1. The van der Waals surface area contributed by atoms with Gasteiger partial charge in [-0.2, -0.15) is 5.10 Å². The van der Waals surface area contributed by atoms with Gasteiger partial charge in [-0.25, -0.2) is 0 Å². The molecule has 0 saturated heterocycles. The number of H-pyrrole nitrogens is 1. The van der Waals surface area contributed by atoms with Crippen LogP contribution in [-0.2, 0) is 0 Å². The minimum Gasteiger partial charge on any atom is -0.507 e. The molecule has 0 spiro atoms. The summed E-state index contributed by atoms with van der Waals surface area (Å²) in [5, 5.41) is 14.8. The van der Waals surface area contributed by atoms with Gasteiger partial charge in [-0.15, -0.1) is 0 Å². The van der Waals surface area contributed by atoms with Gasteiger partial charge < -0.3 is 10.1 Å². The van der Waals surface area contributed by atoms with E-state index in [1.54, 1.807) is 18.3 Å². The number of benzene rings is 2. The molecular formula is C15H13N3O. The summed E-state index contributed by atoms with van der Waals surface area (Å²) in [7, 11) is 0. The number of aromatic hydroxyl groups is 1. The summed E-state index contributed by atoms with van der Waals surface area (Å²) >= 11 is 0. The zero-order valence-electron chi connectivity index (χ0n) is 10.2. The summed E-state index contributed by atoms with van der Waals surface area (Å²) < 4.78 is 0. The Morgan fingerprint density at radius 1 is 1.05 bits per heavy atom. The van der Waals surface area contributed by atoms with Gasteiger partial charge in [0.05, 0.1) is 17.3 Å². The normalized spacial score (nSPS) is 11.2. The highest BCUT2D eigenvalue weighted by molar-refractivity contribution is 6.02. The lowest BCUT2D eigenvalue weighted by molar-refractivity contribution is 0.481. The SMILES string of the molecule is Oc1cccc2[nH]cc(/C=N/Nc3ccccc3)c12. The molecule has 4 nitrogen and oxygen atoms in total. The van der Waals surface area contributed by atoms with Crippen molar-refractivity contribution in [3.8, 4) is 5.75 Å². The van der Waals surface area contributed by atoms with Crippen LogP contribution in [0.2, 0.25) is 0 Å². The Morgan fingerprint density at radius 3 is 2.74 bits per heavy atom. The van der Waals surface area contributed by atoms with E-state index in [1.165, 1.54) is 0 Å². The minimum absolute atomic E-state index is 0.250. The van der Waals surface area contributed by atoms with Gasteiger partial charge in [-0.1, -0.05) is 24.3 Å². The fourth-order valence-electron chi connectivity index (χ4n) is 1.98. The molecule has 1 heterocycles. The number of hydrogen-bond donors (Lipinski definition) is 3. The first-order valence-electron chi connectivity index (χ1n) is 5.98. The van der Waals surface area contributed by atoms with Crippen LogP contribution in [0.5, 0.6) is 5.75 Å². The maximum atomic E-state index is 9.86. The van der Waals surface area contributed by atoms with Gasteiger partial charge in [-0.3, -0.25) is 5.43 Å². The second-order valence-electron chi connectivity index (χ2n) is 4.18. The minimum atomic E-state index is 0.250. The lowest BCUT2D eigenvalue weighted by Crippen LogP contribution is -1.89. The van der Waals surface area contributed by atoms with Crippen LogP contribution in [0.3, 0.4) is 0 Å². The van der Waals surface area contributed by atoms with Crippen molar-refractivity contribution < 1.29 is 5.11 Å². The Hall–Kier alpha value is -2.75. The topological polar surface area (TPSA) is 60.4 Å². The number of aromatic nitrogens is 1. The van der Waals surface area contributed by atoms with Gasteiger partial charge in [-0.05, 0) is 24.3 Å². The number of phenolic OH excluding ortho intramolecular Hbond substituents is 1. The number of hydrogen-bond acceptors (Lipinski definition) is 3. The smallest absolute Gasteiger partial charge is 0.125 e. The Labute approximate surface area is 110 Å². The van der Waals surface area contributed by atoms with Gasteiger partial charge >= 0.3 is 0 Å². The van der Waals surface area contributed by atoms with Gasteiger partial charge in [0.15, 0.2) is 0 Å². The monoisotopic (exact) mass is 251 g/mol. The maximum Gasteiger partial charge on any atom is 0.125 e. The summed E-state index contributed by atoms with van der Waals surface area (Å²) in [6.07, 6.45) is 3.51. The molecule has 2 aromatic carbocycles. The molecule has 0 bridgehead atoms. The first-order chi connectivity index (χ1) is 9.34. The van der Waals surface area contributed by atoms with Crippen LogP contribution >= 0.6 is 0 Å². The molecule has 0 amide bonds. The Bertz CT molecular complexity index is 717. The maximum absolute atomic E-state index is 9.86. The van der Waals surface area contributed by atoms with Gasteiger partial charge in [0.1, 0.15) is 5.75 Å². The van der Waals surface area contributed by atoms with Crippen LogP contribution in [0.4, 0.5) is 5.69 Å². The average Bonchev–Trinajstić information content (AvgIpc) is 2.85. The molecule has 3 aromatic rings. The molecule has 0 fully saturated rings. The second-order valence-corrected chi connectivity index (χ2v) is 4.18. The Balaban J connectivity index is 1.86. The largest absolute Gasteiger partial charge is 0.507 e. The van der Waals surface area contributed by atoms with E-state index in [0.29, 0.717) is 0 Å². The van der Waals surface area contributed by atoms with Crippen molar-refractivity contribution >= 4 is 22.8 Å². The molecule has 0 atom stereocenters. The van der Waals surface area contributed by atoms with Crippen LogP contribution in [0.15, 0.2) is 59.8 Å². The van der Waals surface area contributed by atoms with Crippen LogP contribution in [-0.4, -0.2) is 16.3 Å². The number of nitrogens with one attached hydrogen (secondary N) is 2. The highest BCUT2D eigenvalue weighted by Crippen LogP contribution is 2.26. The highest BCUT2D eigenvalue weighted by atomic mass is 16.3. The third-order valence-corrected chi connectivity index (χ3v) is 2.89. The number of hydrazone groups is 1. The van der Waals surface area contributed by atoms with Gasteiger partial charge in [0, 0.05) is 17.3 Å². The molecule has 0 aliphatic heterocycles. The van der Waals surface area contributed by atoms with Gasteiger partial charge in [0.25, 0.3) is 0 Å². The molecular weight excluding hydrogens is 238 g/mol. The Morgan fingerprint density at radius 2 is 1.89 bits per heavy atom. The molecule has 0 unspecified atom stereocenters. The van der Waals surface area contributed by atoms with Crippen LogP contribution in [0.25, 0.3) is 10.9 Å². The number of aromatic amines is 1. The molecule has 19 heavy (non-hydrogen) atoms. The van der Waals surface area contributed by atoms with E-state index in [0.717, 1.165) is 22.2 Å². The van der Waals surface area contributed by atoms with Crippen LogP contribution in [0.1, 0.15) is 5.56 Å². The summed E-state index contributed by atoms with van der Waals surface area (Å²) in [5.41, 5.74) is 5.59. The van der Waals surface area contributed by atoms with Crippen molar-refractivity contribution in [1.82, 2.24) is 4.98 Å². The predicted octanol–water partition coefficient (Wildman–Crippen LogP) is 3.32.